The molecule has 0 N–H and O–H groups in total. The summed E-state index contributed by atoms with van der Waals surface area (Å²) in [5.41, 5.74) is 10.3. The first-order valence-electron chi connectivity index (χ1n) is 20.4. The van der Waals surface area contributed by atoms with Crippen molar-refractivity contribution >= 4 is 44.6 Å². The Kier molecular flexibility index (Phi) is 11.5. The fraction of sp³-hybridized carbons (Fsp3) is 0.294. The minimum Gasteiger partial charge on any atom is -0.509 e. The van der Waals surface area contributed by atoms with E-state index in [9.17, 15) is 0 Å². The molecule has 0 radical (unpaired) electrons. The smallest absolute Gasteiger partial charge is 0.135 e. The van der Waals surface area contributed by atoms with E-state index in [1.54, 1.807) is 0 Å². The Hall–Kier alpha value is -4.86. The molecular weight excluding hydrogens is 880 g/mol. The van der Waals surface area contributed by atoms with Crippen molar-refractivity contribution in [1.82, 2.24) is 9.55 Å². The summed E-state index contributed by atoms with van der Waals surface area (Å²) in [5, 5.41) is 2.28. The van der Waals surface area contributed by atoms with Crippen molar-refractivity contribution in [3.8, 4) is 17.3 Å². The van der Waals surface area contributed by atoms with Crippen LogP contribution in [0.1, 0.15) is 104 Å². The fourth-order valence-electron chi connectivity index (χ4n) is 8.23. The molecular formula is C51H53N4OPt-3. The Morgan fingerprint density at radius 2 is 1.40 bits per heavy atom. The monoisotopic (exact) mass is 932 g/mol. The number of pyridine rings is 1. The van der Waals surface area contributed by atoms with Gasteiger partial charge >= 0.3 is 0 Å². The molecule has 0 unspecified atom stereocenters. The summed E-state index contributed by atoms with van der Waals surface area (Å²) in [7, 11) is 0. The number of para-hydroxylation sites is 3. The molecule has 0 atom stereocenters. The molecule has 8 rings (SSSR count). The molecule has 0 spiro atoms. The second-order valence-electron chi connectivity index (χ2n) is 16.5. The number of benzene rings is 5. The predicted molar refractivity (Wildman–Crippen MR) is 234 cm³/mol. The Morgan fingerprint density at radius 1 is 0.684 bits per heavy atom. The van der Waals surface area contributed by atoms with E-state index in [1.165, 1.54) is 16.7 Å². The quantitative estimate of drug-likeness (QED) is 0.121. The number of fused-ring (bicyclic) bond motifs is 4. The maximum atomic E-state index is 6.82. The van der Waals surface area contributed by atoms with Gasteiger partial charge in [-0.25, -0.2) is 4.98 Å². The molecule has 2 aromatic heterocycles. The Labute approximate surface area is 354 Å². The van der Waals surface area contributed by atoms with Crippen LogP contribution in [0, 0.1) is 18.8 Å². The zero-order valence-electron chi connectivity index (χ0n) is 34.5. The van der Waals surface area contributed by atoms with Crippen LogP contribution >= 0.6 is 0 Å². The van der Waals surface area contributed by atoms with Gasteiger partial charge in [-0.3, -0.25) is 0 Å². The third-order valence-electron chi connectivity index (χ3n) is 12.2. The minimum atomic E-state index is 0. The third kappa shape index (κ3) is 7.52. The van der Waals surface area contributed by atoms with E-state index in [-0.39, 0.29) is 31.9 Å². The van der Waals surface area contributed by atoms with Gasteiger partial charge in [-0.2, -0.15) is 6.07 Å². The molecule has 0 saturated carbocycles. The molecule has 0 aliphatic carbocycles. The largest absolute Gasteiger partial charge is 0.509 e. The number of aromatic nitrogens is 2. The zero-order chi connectivity index (χ0) is 39.2. The maximum absolute atomic E-state index is 6.82. The van der Waals surface area contributed by atoms with Gasteiger partial charge in [0.1, 0.15) is 5.82 Å². The van der Waals surface area contributed by atoms with E-state index in [0.29, 0.717) is 17.4 Å². The first-order valence-corrected chi connectivity index (χ1v) is 20.4. The van der Waals surface area contributed by atoms with Gasteiger partial charge in [0.15, 0.2) is 0 Å². The molecule has 3 heterocycles. The third-order valence-corrected chi connectivity index (χ3v) is 12.2. The number of hydrogen-bond donors (Lipinski definition) is 0. The average molecular weight is 933 g/mol. The number of anilines is 4. The predicted octanol–water partition coefficient (Wildman–Crippen LogP) is 14.3. The first kappa shape index (κ1) is 40.3. The van der Waals surface area contributed by atoms with Crippen LogP contribution in [0.4, 0.5) is 22.7 Å². The molecule has 296 valence electrons. The summed E-state index contributed by atoms with van der Waals surface area (Å²) in [5.74, 6) is 2.58. The average Bonchev–Trinajstić information content (AvgIpc) is 3.77. The van der Waals surface area contributed by atoms with Gasteiger partial charge in [0.05, 0.1) is 0 Å². The van der Waals surface area contributed by atoms with E-state index < -0.39 is 0 Å². The Balaban J connectivity index is 0.00000496. The van der Waals surface area contributed by atoms with Crippen LogP contribution in [0.2, 0.25) is 0 Å². The van der Waals surface area contributed by atoms with Crippen molar-refractivity contribution in [3.63, 3.8) is 0 Å². The van der Waals surface area contributed by atoms with Crippen molar-refractivity contribution in [3.05, 3.63) is 151 Å². The summed E-state index contributed by atoms with van der Waals surface area (Å²) in [6, 6.07) is 46.5. The standard InChI is InChI=1S/C51H53N4O.Pt/c1-9-35(10-2)36-28-40(54-34-53(46-22-15-16-23-47(46)54)39-19-17-18-37(30-39)50(5,6)7)32-42(29-36)56-41-24-25-44-43-20-13-14-21-45(43)55(48(44)33-41)49-31-38(26-27-52-49)51(8,11-3)12-4;/h13-31,34-35H,9-12H2,1-8H3;/q-3;. The second-order valence-corrected chi connectivity index (χ2v) is 16.5. The van der Waals surface area contributed by atoms with E-state index >= 15 is 0 Å². The topological polar surface area (TPSA) is 33.5 Å². The van der Waals surface area contributed by atoms with Crippen molar-refractivity contribution in [2.24, 2.45) is 0 Å². The van der Waals surface area contributed by atoms with E-state index in [2.05, 4.69) is 192 Å². The molecule has 1 aliphatic rings. The molecule has 0 bridgehead atoms. The van der Waals surface area contributed by atoms with Gasteiger partial charge in [-0.15, -0.1) is 53.6 Å². The van der Waals surface area contributed by atoms with Gasteiger partial charge in [0, 0.05) is 61.3 Å². The first-order chi connectivity index (χ1) is 27.0. The summed E-state index contributed by atoms with van der Waals surface area (Å²) in [6.07, 6.45) is 6.13. The number of rotatable bonds is 11. The summed E-state index contributed by atoms with van der Waals surface area (Å²) < 4.78 is 9.06. The minimum absolute atomic E-state index is 0. The molecule has 0 saturated heterocycles. The van der Waals surface area contributed by atoms with Gasteiger partial charge in [-0.05, 0) is 88.6 Å². The summed E-state index contributed by atoms with van der Waals surface area (Å²) in [4.78, 5) is 9.47. The summed E-state index contributed by atoms with van der Waals surface area (Å²) in [6.45, 7) is 20.4. The molecule has 0 fully saturated rings. The maximum Gasteiger partial charge on any atom is 0.135 e. The normalized spacial score (nSPS) is 13.1. The molecule has 7 aromatic rings. The summed E-state index contributed by atoms with van der Waals surface area (Å²) >= 11 is 0. The zero-order valence-corrected chi connectivity index (χ0v) is 36.7. The van der Waals surface area contributed by atoms with Crippen LogP contribution in [-0.4, -0.2) is 9.55 Å². The van der Waals surface area contributed by atoms with Crippen LogP contribution in [0.3, 0.4) is 0 Å². The van der Waals surface area contributed by atoms with E-state index in [1.807, 2.05) is 12.3 Å². The Morgan fingerprint density at radius 3 is 2.12 bits per heavy atom. The molecule has 57 heavy (non-hydrogen) atoms. The van der Waals surface area contributed by atoms with Gasteiger partial charge in [-0.1, -0.05) is 116 Å². The van der Waals surface area contributed by atoms with Crippen LogP contribution in [-0.2, 0) is 31.9 Å². The number of nitrogens with zero attached hydrogens (tertiary/aromatic N) is 4. The fourth-order valence-corrected chi connectivity index (χ4v) is 8.23. The van der Waals surface area contributed by atoms with Gasteiger partial charge in [0.2, 0.25) is 0 Å². The van der Waals surface area contributed by atoms with Crippen molar-refractivity contribution in [1.29, 1.82) is 0 Å². The van der Waals surface area contributed by atoms with Gasteiger partial charge in [0.25, 0.3) is 0 Å². The van der Waals surface area contributed by atoms with Gasteiger partial charge < -0.3 is 19.1 Å². The molecule has 6 heteroatoms. The van der Waals surface area contributed by atoms with Crippen molar-refractivity contribution < 1.29 is 25.8 Å². The molecule has 1 aliphatic heterocycles. The van der Waals surface area contributed by atoms with Crippen LogP contribution in [0.5, 0.6) is 11.5 Å². The SMILES string of the molecule is CCC(CC)c1cc(Oc2[c-]c3c(cc2)c2ccccc2n3-c2cc(C(C)(CC)CC)ccn2)[c-]c(N2[CH-]N(c3cccc(C(C)(C)C)c3)c3ccccc32)c1.[Pt]. The van der Waals surface area contributed by atoms with Crippen LogP contribution in [0.25, 0.3) is 27.6 Å². The second kappa shape index (κ2) is 16.2. The van der Waals surface area contributed by atoms with Crippen molar-refractivity contribution in [2.45, 2.75) is 97.8 Å². The molecule has 5 aromatic carbocycles. The van der Waals surface area contributed by atoms with E-state index in [4.69, 9.17) is 9.72 Å². The van der Waals surface area contributed by atoms with Crippen molar-refractivity contribution in [2.75, 3.05) is 9.80 Å². The van der Waals surface area contributed by atoms with Crippen LogP contribution < -0.4 is 14.5 Å². The molecule has 5 nitrogen and oxygen atoms in total. The Bertz CT molecular complexity index is 2520. The number of hydrogen-bond acceptors (Lipinski definition) is 4. The van der Waals surface area contributed by atoms with Crippen LogP contribution in [0.15, 0.2) is 115 Å². The van der Waals surface area contributed by atoms with E-state index in [0.717, 1.165) is 76.1 Å². The number of ether oxygens (including phenoxy) is 1. The molecule has 0 amide bonds.